The molecule has 5 atom stereocenters. The van der Waals surface area contributed by atoms with Crippen LogP contribution in [-0.4, -0.2) is 45.4 Å². The number of hydrogen-bond donors (Lipinski definition) is 3. The number of ketones is 1. The van der Waals surface area contributed by atoms with Gasteiger partial charge in [-0.3, -0.25) is 9.36 Å². The van der Waals surface area contributed by atoms with E-state index in [9.17, 15) is 33.2 Å². The maximum atomic E-state index is 13.3. The minimum absolute atomic E-state index is 0.0330. The van der Waals surface area contributed by atoms with Crippen molar-refractivity contribution in [3.05, 3.63) is 47.5 Å². The Labute approximate surface area is 195 Å². The lowest BCUT2D eigenvalue weighted by Gasteiger charge is -2.21. The first kappa shape index (κ1) is 27.8. The zero-order valence-electron chi connectivity index (χ0n) is 19.3. The van der Waals surface area contributed by atoms with Gasteiger partial charge < -0.3 is 15.1 Å². The van der Waals surface area contributed by atoms with Crippen molar-refractivity contribution in [1.29, 1.82) is 0 Å². The normalized spacial score (nSPS) is 23.8. The van der Waals surface area contributed by atoms with E-state index in [0.29, 0.717) is 63.1 Å². The van der Waals surface area contributed by atoms with E-state index in [-0.39, 0.29) is 30.2 Å². The van der Waals surface area contributed by atoms with Gasteiger partial charge >= 0.3 is 0 Å². The molecular weight excluding hydrogens is 449 g/mol. The predicted molar refractivity (Wildman–Crippen MR) is 125 cm³/mol. The number of carbonyl (C=O) groups is 1. The molecule has 186 valence electrons. The molecule has 0 radical (unpaired) electrons. The van der Waals surface area contributed by atoms with E-state index >= 15 is 0 Å². The lowest BCUT2D eigenvalue weighted by atomic mass is 9.86. The van der Waals surface area contributed by atoms with E-state index < -0.39 is 31.2 Å². The fraction of sp³-hybridized carbons (Fsp3) is 0.640. The maximum Gasteiger partial charge on any atom is 0.200 e. The molecule has 0 heterocycles. The van der Waals surface area contributed by atoms with Crippen LogP contribution in [-0.2, 0) is 15.8 Å². The van der Waals surface area contributed by atoms with Gasteiger partial charge in [0.25, 0.3) is 0 Å². The summed E-state index contributed by atoms with van der Waals surface area (Å²) in [5, 5.41) is 20.6. The van der Waals surface area contributed by atoms with Crippen LogP contribution in [0.3, 0.4) is 0 Å². The SMILES string of the molecule is CCP(=O)(O)CCC/C=C\C[C@H]1C(=O)C[C@@H](O)[C@@H]1CC[C@@H](O)CCCc1cc(F)cc(F)c1. The molecule has 0 bridgehead atoms. The topological polar surface area (TPSA) is 94.8 Å². The molecule has 1 aromatic carbocycles. The highest BCUT2D eigenvalue weighted by atomic mass is 31.2. The van der Waals surface area contributed by atoms with Crippen molar-refractivity contribution in [2.75, 3.05) is 12.3 Å². The number of allylic oxidation sites excluding steroid dienone is 2. The Morgan fingerprint density at radius 3 is 2.52 bits per heavy atom. The summed E-state index contributed by atoms with van der Waals surface area (Å²) in [5.74, 6) is -1.67. The molecule has 0 aromatic heterocycles. The first-order valence-electron chi connectivity index (χ1n) is 11.9. The van der Waals surface area contributed by atoms with Crippen molar-refractivity contribution in [2.45, 2.75) is 76.9 Å². The fourth-order valence-corrected chi connectivity index (χ4v) is 5.51. The quantitative estimate of drug-likeness (QED) is 0.195. The zero-order chi connectivity index (χ0) is 24.4. The van der Waals surface area contributed by atoms with Gasteiger partial charge in [0.15, 0.2) is 7.37 Å². The number of aliphatic hydroxyl groups excluding tert-OH is 2. The molecule has 0 spiro atoms. The van der Waals surface area contributed by atoms with Crippen LogP contribution in [0.5, 0.6) is 0 Å². The molecule has 1 saturated carbocycles. The second-order valence-corrected chi connectivity index (χ2v) is 11.9. The van der Waals surface area contributed by atoms with E-state index in [1.807, 2.05) is 12.2 Å². The smallest absolute Gasteiger partial charge is 0.200 e. The van der Waals surface area contributed by atoms with Crippen molar-refractivity contribution in [3.8, 4) is 0 Å². The van der Waals surface area contributed by atoms with E-state index in [4.69, 9.17) is 0 Å². The molecule has 2 rings (SSSR count). The summed E-state index contributed by atoms with van der Waals surface area (Å²) in [5.41, 5.74) is 0.555. The van der Waals surface area contributed by atoms with Crippen molar-refractivity contribution in [2.24, 2.45) is 11.8 Å². The summed E-state index contributed by atoms with van der Waals surface area (Å²) in [6.07, 6.45) is 7.57. The number of rotatable bonds is 14. The fourth-order valence-electron chi connectivity index (χ4n) is 4.52. The highest BCUT2D eigenvalue weighted by molar-refractivity contribution is 7.57. The number of aryl methyl sites for hydroxylation is 1. The monoisotopic (exact) mass is 486 g/mol. The van der Waals surface area contributed by atoms with Crippen LogP contribution in [0.4, 0.5) is 8.78 Å². The number of benzene rings is 1. The van der Waals surface area contributed by atoms with Crippen molar-refractivity contribution < 1.29 is 33.2 Å². The number of hydrogen-bond acceptors (Lipinski definition) is 4. The van der Waals surface area contributed by atoms with Gasteiger partial charge in [-0.2, -0.15) is 0 Å². The Balaban J connectivity index is 1.73. The van der Waals surface area contributed by atoms with Gasteiger partial charge in [0.2, 0.25) is 0 Å². The zero-order valence-corrected chi connectivity index (χ0v) is 20.2. The average Bonchev–Trinajstić information content (AvgIpc) is 3.00. The molecule has 5 nitrogen and oxygen atoms in total. The molecule has 8 heteroatoms. The largest absolute Gasteiger partial charge is 0.393 e. The summed E-state index contributed by atoms with van der Waals surface area (Å²) in [7, 11) is -3.00. The van der Waals surface area contributed by atoms with Crippen molar-refractivity contribution in [3.63, 3.8) is 0 Å². The van der Waals surface area contributed by atoms with Crippen molar-refractivity contribution in [1.82, 2.24) is 0 Å². The first-order chi connectivity index (χ1) is 15.6. The van der Waals surface area contributed by atoms with Gasteiger partial charge in [-0.05, 0) is 75.0 Å². The van der Waals surface area contributed by atoms with Gasteiger partial charge in [0.1, 0.15) is 17.4 Å². The van der Waals surface area contributed by atoms with Crippen LogP contribution in [0.2, 0.25) is 0 Å². The van der Waals surface area contributed by atoms with Gasteiger partial charge in [-0.25, -0.2) is 8.78 Å². The van der Waals surface area contributed by atoms with Crippen LogP contribution in [0.25, 0.3) is 0 Å². The second-order valence-electron chi connectivity index (χ2n) is 9.14. The average molecular weight is 487 g/mol. The third kappa shape index (κ3) is 9.78. The molecule has 33 heavy (non-hydrogen) atoms. The second kappa shape index (κ2) is 13.5. The van der Waals surface area contributed by atoms with Crippen LogP contribution >= 0.6 is 7.37 Å². The number of Topliss-reactive ketones (excluding diaryl/α,β-unsaturated/α-hetero) is 1. The Hall–Kier alpha value is -1.40. The highest BCUT2D eigenvalue weighted by Crippen LogP contribution is 2.40. The van der Waals surface area contributed by atoms with Gasteiger partial charge in [-0.15, -0.1) is 0 Å². The molecule has 3 N–H and O–H groups in total. The Kier molecular flexibility index (Phi) is 11.4. The van der Waals surface area contributed by atoms with E-state index in [0.717, 1.165) is 6.07 Å². The standard InChI is InChI=1S/C25H37F2O5P/c1-2-33(31,32)13-6-4-3-5-10-22-23(25(30)17-24(22)29)12-11-21(28)9-7-8-18-14-19(26)16-20(27)15-18/h3,5,14-16,21-23,25,28,30H,2,4,6-13,17H2,1H3,(H,31,32)/b5-3-/t21-,22+,23+,25+/m0/s1. The van der Waals surface area contributed by atoms with Crippen molar-refractivity contribution >= 4 is 13.2 Å². The summed E-state index contributed by atoms with van der Waals surface area (Å²) in [6, 6.07) is 3.42. The summed E-state index contributed by atoms with van der Waals surface area (Å²) >= 11 is 0. The molecule has 1 aromatic rings. The molecule has 0 saturated heterocycles. The van der Waals surface area contributed by atoms with E-state index in [1.165, 1.54) is 12.1 Å². The maximum absolute atomic E-state index is 13.3. The van der Waals surface area contributed by atoms with Gasteiger partial charge in [0, 0.05) is 30.7 Å². The van der Waals surface area contributed by atoms with Gasteiger partial charge in [0.05, 0.1) is 12.2 Å². The number of halogens is 2. The number of unbranched alkanes of at least 4 members (excludes halogenated alkanes) is 1. The molecule has 1 aliphatic rings. The molecule has 0 aliphatic heterocycles. The lowest BCUT2D eigenvalue weighted by molar-refractivity contribution is -0.121. The summed E-state index contributed by atoms with van der Waals surface area (Å²) < 4.78 is 38.2. The minimum Gasteiger partial charge on any atom is -0.393 e. The third-order valence-electron chi connectivity index (χ3n) is 6.52. The first-order valence-corrected chi connectivity index (χ1v) is 13.9. The molecule has 1 unspecified atom stereocenters. The van der Waals surface area contributed by atoms with E-state index in [2.05, 4.69) is 0 Å². The van der Waals surface area contributed by atoms with E-state index in [1.54, 1.807) is 6.92 Å². The lowest BCUT2D eigenvalue weighted by Crippen LogP contribution is -2.22. The Morgan fingerprint density at radius 1 is 1.15 bits per heavy atom. The predicted octanol–water partition coefficient (Wildman–Crippen LogP) is 5.01. The Bertz CT molecular complexity index is 824. The molecule has 1 fully saturated rings. The molecule has 1 aliphatic carbocycles. The van der Waals surface area contributed by atoms with Crippen LogP contribution in [0.15, 0.2) is 30.4 Å². The summed E-state index contributed by atoms with van der Waals surface area (Å²) in [6.45, 7) is 1.70. The number of aliphatic hydroxyl groups is 2. The Morgan fingerprint density at radius 2 is 1.85 bits per heavy atom. The van der Waals surface area contributed by atoms with Crippen LogP contribution in [0, 0.1) is 23.5 Å². The minimum atomic E-state index is -3.00. The molecular formula is C25H37F2O5P. The van der Waals surface area contributed by atoms with Gasteiger partial charge in [-0.1, -0.05) is 19.1 Å². The number of carbonyl (C=O) groups excluding carboxylic acids is 1. The van der Waals surface area contributed by atoms with Crippen LogP contribution in [0.1, 0.15) is 63.9 Å². The summed E-state index contributed by atoms with van der Waals surface area (Å²) in [4.78, 5) is 21.9. The van der Waals surface area contributed by atoms with Crippen LogP contribution < -0.4 is 0 Å². The highest BCUT2D eigenvalue weighted by Gasteiger charge is 2.40. The molecule has 0 amide bonds. The third-order valence-corrected chi connectivity index (χ3v) is 8.53.